The van der Waals surface area contributed by atoms with E-state index in [0.717, 1.165) is 6.07 Å². The van der Waals surface area contributed by atoms with Gasteiger partial charge in [0, 0.05) is 12.5 Å². The van der Waals surface area contributed by atoms with E-state index in [1.165, 1.54) is 4.57 Å². The molecule has 192 valence electrons. The summed E-state index contributed by atoms with van der Waals surface area (Å²) in [4.78, 5) is 37.9. The van der Waals surface area contributed by atoms with Gasteiger partial charge in [-0.05, 0) is 22.2 Å². The van der Waals surface area contributed by atoms with Crippen molar-refractivity contribution in [1.82, 2.24) is 9.55 Å². The Morgan fingerprint density at radius 1 is 1.00 bits per heavy atom. The molecule has 2 saturated heterocycles. The van der Waals surface area contributed by atoms with Crippen molar-refractivity contribution >= 4 is 29.3 Å². The number of aromatic nitrogens is 2. The van der Waals surface area contributed by atoms with Crippen LogP contribution in [0.2, 0.25) is 22.2 Å². The maximum Gasteiger partial charge on any atom is 0.335 e. The fourth-order valence-electron chi connectivity index (χ4n) is 5.26. The van der Waals surface area contributed by atoms with Crippen LogP contribution in [0.5, 0.6) is 0 Å². The summed E-state index contributed by atoms with van der Waals surface area (Å²) in [6, 6.07) is 1.16. The average Bonchev–Trinajstić information content (AvgIpc) is 3.08. The first-order valence-corrected chi connectivity index (χ1v) is 16.1. The first-order chi connectivity index (χ1) is 15.9. The molecule has 0 bridgehead atoms. The number of H-pyrrole nitrogens is 1. The highest BCUT2D eigenvalue weighted by Crippen LogP contribution is 2.48. The fourth-order valence-corrected chi connectivity index (χ4v) is 16.5. The van der Waals surface area contributed by atoms with E-state index >= 15 is 0 Å². The minimum absolute atomic E-state index is 0.0736. The van der Waals surface area contributed by atoms with Crippen molar-refractivity contribution < 1.29 is 22.5 Å². The highest BCUT2D eigenvalue weighted by molar-refractivity contribution is 6.83. The van der Waals surface area contributed by atoms with Gasteiger partial charge in [-0.15, -0.1) is 0 Å². The third kappa shape index (κ3) is 4.76. The Kier molecular flexibility index (Phi) is 8.10. The number of fused-ring (bicyclic) bond motifs is 1. The Labute approximate surface area is 202 Å². The summed E-state index contributed by atoms with van der Waals surface area (Å²) in [7, 11) is -5.51. The predicted molar refractivity (Wildman–Crippen MR) is 133 cm³/mol. The number of carbonyl (C=O) groups excluding carboxylic acids is 1. The topological polar surface area (TPSA) is 121 Å². The number of hydrogen-bond acceptors (Lipinski definition) is 7. The largest absolute Gasteiger partial charge is 0.414 e. The lowest BCUT2D eigenvalue weighted by Gasteiger charge is -2.51. The molecule has 12 heteroatoms. The normalized spacial score (nSPS) is 26.5. The number of hydrogen-bond donors (Lipinski definition) is 2. The third-order valence-corrected chi connectivity index (χ3v) is 17.3. The summed E-state index contributed by atoms with van der Waals surface area (Å²) in [5.74, 6) is 0.0736. The Balaban J connectivity index is 2.07. The number of amides is 1. The van der Waals surface area contributed by atoms with Crippen LogP contribution >= 0.6 is 0 Å². The van der Waals surface area contributed by atoms with Gasteiger partial charge in [-0.2, -0.15) is 0 Å². The molecule has 0 saturated carbocycles. The molecule has 0 spiro atoms. The second-order valence-electron chi connectivity index (χ2n) is 10.5. The molecule has 0 radical (unpaired) electrons. The minimum atomic E-state index is -2.81. The van der Waals surface area contributed by atoms with Gasteiger partial charge in [0.05, 0.1) is 12.7 Å². The molecule has 10 nitrogen and oxygen atoms in total. The molecule has 3 atom stereocenters. The van der Waals surface area contributed by atoms with E-state index in [2.05, 4.69) is 65.7 Å². The van der Waals surface area contributed by atoms with Gasteiger partial charge in [-0.1, -0.05) is 55.4 Å². The van der Waals surface area contributed by atoms with Crippen LogP contribution in [0.4, 0.5) is 5.82 Å². The molecule has 2 aliphatic heterocycles. The summed E-state index contributed by atoms with van der Waals surface area (Å²) in [6.07, 6.45) is -0.704. The molecule has 2 aliphatic rings. The van der Waals surface area contributed by atoms with Crippen LogP contribution < -0.4 is 16.6 Å². The standard InChI is InChI=1S/C22H39N3O7Si2/c1-13(2)33(14(3)4)29-11-18-17(31-34(32-33,15(5)6)16(7)8)9-21(30-18)25-19(23-12-26)10-20(27)24-22(25)28/h10,12-18,21H,9,11H2,1-8H3,(H,23,26)(H,24,27,28)/t17-,18+,21+/m0/s1. The van der Waals surface area contributed by atoms with E-state index in [4.69, 9.17) is 17.7 Å². The van der Waals surface area contributed by atoms with Crippen LogP contribution in [-0.4, -0.2) is 51.9 Å². The van der Waals surface area contributed by atoms with Crippen molar-refractivity contribution in [3.63, 3.8) is 0 Å². The minimum Gasteiger partial charge on any atom is -0.414 e. The van der Waals surface area contributed by atoms with E-state index in [-0.39, 0.29) is 34.1 Å². The molecule has 1 amide bonds. The second kappa shape index (κ2) is 10.2. The number of ether oxygens (including phenoxy) is 1. The molecule has 1 aromatic heterocycles. The van der Waals surface area contributed by atoms with Gasteiger partial charge in [0.25, 0.3) is 5.56 Å². The van der Waals surface area contributed by atoms with Crippen LogP contribution in [0.25, 0.3) is 0 Å². The summed E-state index contributed by atoms with van der Waals surface area (Å²) >= 11 is 0. The maximum absolute atomic E-state index is 12.7. The van der Waals surface area contributed by atoms with Gasteiger partial charge in [-0.3, -0.25) is 19.1 Å². The number of aromatic amines is 1. The summed E-state index contributed by atoms with van der Waals surface area (Å²) in [6.45, 7) is 17.5. The molecular weight excluding hydrogens is 474 g/mol. The summed E-state index contributed by atoms with van der Waals surface area (Å²) in [5, 5.41) is 2.44. The van der Waals surface area contributed by atoms with Crippen molar-refractivity contribution in [2.75, 3.05) is 11.9 Å². The molecule has 0 aromatic carbocycles. The van der Waals surface area contributed by atoms with E-state index in [1.54, 1.807) is 0 Å². The van der Waals surface area contributed by atoms with Crippen molar-refractivity contribution in [1.29, 1.82) is 0 Å². The zero-order chi connectivity index (χ0) is 25.4. The lowest BCUT2D eigenvalue weighted by atomic mass is 10.2. The van der Waals surface area contributed by atoms with Crippen LogP contribution in [0.15, 0.2) is 15.7 Å². The van der Waals surface area contributed by atoms with Gasteiger partial charge in [-0.25, -0.2) is 4.79 Å². The van der Waals surface area contributed by atoms with Gasteiger partial charge in [0.2, 0.25) is 6.41 Å². The molecule has 1 aromatic rings. The summed E-state index contributed by atoms with van der Waals surface area (Å²) < 4.78 is 28.4. The van der Waals surface area contributed by atoms with Crippen molar-refractivity contribution in [2.24, 2.45) is 0 Å². The third-order valence-electron chi connectivity index (χ3n) is 7.00. The zero-order valence-corrected chi connectivity index (χ0v) is 23.4. The van der Waals surface area contributed by atoms with Crippen LogP contribution in [0.3, 0.4) is 0 Å². The molecule has 0 unspecified atom stereocenters. The number of nitrogens with zero attached hydrogens (tertiary/aromatic N) is 1. The highest BCUT2D eigenvalue weighted by atomic mass is 28.5. The van der Waals surface area contributed by atoms with Gasteiger partial charge in [0.1, 0.15) is 18.1 Å². The molecule has 2 N–H and O–H groups in total. The first-order valence-electron chi connectivity index (χ1n) is 12.1. The van der Waals surface area contributed by atoms with E-state index in [1.807, 2.05) is 0 Å². The Bertz CT molecular complexity index is 975. The molecule has 2 fully saturated rings. The van der Waals surface area contributed by atoms with Crippen molar-refractivity contribution in [3.8, 4) is 0 Å². The smallest absolute Gasteiger partial charge is 0.335 e. The number of rotatable bonds is 7. The number of carbonyl (C=O) groups is 1. The van der Waals surface area contributed by atoms with Crippen LogP contribution in [0, 0.1) is 0 Å². The van der Waals surface area contributed by atoms with Crippen LogP contribution in [-0.2, 0) is 22.5 Å². The molecule has 3 rings (SSSR count). The zero-order valence-electron chi connectivity index (χ0n) is 21.4. The lowest BCUT2D eigenvalue weighted by Crippen LogP contribution is -2.65. The SMILES string of the molecule is CC(C)[Si]1(C(C)C)OC[C@H]2O[C@@H](n3c(NC=O)cc(=O)[nH]c3=O)C[C@@H]2O[Si](C(C)C)(C(C)C)O1. The summed E-state index contributed by atoms with van der Waals surface area (Å²) in [5.41, 5.74) is -0.502. The van der Waals surface area contributed by atoms with Crippen molar-refractivity contribution in [2.45, 2.75) is 102 Å². The molecule has 34 heavy (non-hydrogen) atoms. The quantitative estimate of drug-likeness (QED) is 0.424. The van der Waals surface area contributed by atoms with Crippen LogP contribution in [0.1, 0.15) is 68.0 Å². The van der Waals surface area contributed by atoms with Gasteiger partial charge < -0.3 is 23.0 Å². The average molecular weight is 514 g/mol. The van der Waals surface area contributed by atoms with E-state index in [0.29, 0.717) is 19.4 Å². The Morgan fingerprint density at radius 2 is 1.59 bits per heavy atom. The molecule has 0 aliphatic carbocycles. The van der Waals surface area contributed by atoms with Gasteiger partial charge >= 0.3 is 22.8 Å². The van der Waals surface area contributed by atoms with Gasteiger partial charge in [0.15, 0.2) is 0 Å². The lowest BCUT2D eigenvalue weighted by molar-refractivity contribution is -0.105. The number of nitrogens with one attached hydrogen (secondary N) is 2. The molecular formula is C22H39N3O7Si2. The monoisotopic (exact) mass is 513 g/mol. The number of anilines is 1. The molecule has 3 heterocycles. The Morgan fingerprint density at radius 3 is 2.12 bits per heavy atom. The first kappa shape index (κ1) is 27.0. The second-order valence-corrected chi connectivity index (χ2v) is 19.3. The van der Waals surface area contributed by atoms with Crippen molar-refractivity contribution in [3.05, 3.63) is 26.9 Å². The maximum atomic E-state index is 12.7. The predicted octanol–water partition coefficient (Wildman–Crippen LogP) is 3.35. The fraction of sp³-hybridized carbons (Fsp3) is 0.773. The van der Waals surface area contributed by atoms with E-state index in [9.17, 15) is 14.4 Å². The van der Waals surface area contributed by atoms with E-state index < -0.39 is 40.7 Å². The highest BCUT2D eigenvalue weighted by Gasteiger charge is 2.60. The Hall–Kier alpha value is -1.58.